The van der Waals surface area contributed by atoms with Crippen molar-refractivity contribution in [2.75, 3.05) is 21.2 Å². The van der Waals surface area contributed by atoms with Crippen LogP contribution >= 0.6 is 0 Å². The monoisotopic (exact) mass is 303 g/mol. The van der Waals surface area contributed by atoms with Crippen molar-refractivity contribution in [1.29, 1.82) is 0 Å². The summed E-state index contributed by atoms with van der Waals surface area (Å²) in [4.78, 5) is 24.3. The number of carbonyl (C=O) groups excluding carboxylic acids is 1. The molecular formula is C13H12F3NO4. The van der Waals surface area contributed by atoms with Crippen molar-refractivity contribution < 1.29 is 32.6 Å². The van der Waals surface area contributed by atoms with Crippen molar-refractivity contribution in [3.8, 4) is 5.75 Å². The zero-order valence-corrected chi connectivity index (χ0v) is 11.4. The zero-order chi connectivity index (χ0) is 16.3. The van der Waals surface area contributed by atoms with Gasteiger partial charge in [0.1, 0.15) is 5.57 Å². The average Bonchev–Trinajstić information content (AvgIpc) is 2.39. The number of aliphatic carboxylic acids is 1. The van der Waals surface area contributed by atoms with E-state index >= 15 is 0 Å². The predicted octanol–water partition coefficient (Wildman–Crippen LogP) is 1.83. The highest BCUT2D eigenvalue weighted by atomic mass is 19.2. The number of hydrogen-bond acceptors (Lipinski definition) is 4. The molecule has 1 N–H and O–H groups in total. The molecule has 0 aliphatic carbocycles. The topological polar surface area (TPSA) is 66.8 Å². The van der Waals surface area contributed by atoms with Crippen molar-refractivity contribution in [3.05, 3.63) is 40.9 Å². The number of carboxylic acid groups (broad SMARTS) is 1. The third-order valence-corrected chi connectivity index (χ3v) is 2.43. The summed E-state index contributed by atoms with van der Waals surface area (Å²) in [7, 11) is 3.78. The maximum absolute atomic E-state index is 13.9. The molecule has 0 aliphatic heterocycles. The lowest BCUT2D eigenvalue weighted by Crippen LogP contribution is -2.18. The van der Waals surface area contributed by atoms with E-state index in [0.717, 1.165) is 13.3 Å². The van der Waals surface area contributed by atoms with Gasteiger partial charge in [-0.3, -0.25) is 4.79 Å². The summed E-state index contributed by atoms with van der Waals surface area (Å²) in [6.07, 6.45) is 0.928. The van der Waals surface area contributed by atoms with E-state index in [9.17, 15) is 22.8 Å². The minimum absolute atomic E-state index is 0.294. The molecule has 1 aromatic carbocycles. The van der Waals surface area contributed by atoms with Crippen LogP contribution in [0.15, 0.2) is 17.8 Å². The van der Waals surface area contributed by atoms with Crippen LogP contribution in [0, 0.1) is 17.5 Å². The fourth-order valence-corrected chi connectivity index (χ4v) is 1.54. The third-order valence-electron chi connectivity index (χ3n) is 2.43. The first kappa shape index (κ1) is 16.5. The van der Waals surface area contributed by atoms with Gasteiger partial charge in [0.25, 0.3) is 0 Å². The second-order valence-corrected chi connectivity index (χ2v) is 4.21. The summed E-state index contributed by atoms with van der Waals surface area (Å²) in [5, 5.41) is 8.96. The third kappa shape index (κ3) is 3.33. The Morgan fingerprint density at radius 2 is 1.81 bits per heavy atom. The summed E-state index contributed by atoms with van der Waals surface area (Å²) in [6, 6.07) is 0.294. The largest absolute Gasteiger partial charge is 0.491 e. The van der Waals surface area contributed by atoms with E-state index in [1.807, 2.05) is 0 Å². The summed E-state index contributed by atoms with van der Waals surface area (Å²) < 4.78 is 44.9. The van der Waals surface area contributed by atoms with Crippen LogP contribution in [0.4, 0.5) is 13.2 Å². The van der Waals surface area contributed by atoms with Crippen molar-refractivity contribution in [1.82, 2.24) is 4.90 Å². The number of methoxy groups -OCH3 is 1. The van der Waals surface area contributed by atoms with E-state index in [1.54, 1.807) is 0 Å². The smallest absolute Gasteiger partial charge is 0.341 e. The first-order chi connectivity index (χ1) is 9.70. The number of carboxylic acids is 1. The second kappa shape index (κ2) is 6.29. The number of ketones is 1. The minimum atomic E-state index is -1.63. The molecule has 0 amide bonds. The van der Waals surface area contributed by atoms with E-state index in [0.29, 0.717) is 6.07 Å². The quantitative estimate of drug-likeness (QED) is 0.295. The van der Waals surface area contributed by atoms with Gasteiger partial charge in [0.2, 0.25) is 11.6 Å². The molecule has 0 radical (unpaired) electrons. The van der Waals surface area contributed by atoms with Crippen LogP contribution in [0.2, 0.25) is 0 Å². The van der Waals surface area contributed by atoms with E-state index in [-0.39, 0.29) is 0 Å². The summed E-state index contributed by atoms with van der Waals surface area (Å²) >= 11 is 0. The molecule has 0 saturated carbocycles. The van der Waals surface area contributed by atoms with Gasteiger partial charge in [-0.1, -0.05) is 0 Å². The molecule has 5 nitrogen and oxygen atoms in total. The predicted molar refractivity (Wildman–Crippen MR) is 66.6 cm³/mol. The molecule has 1 aromatic rings. The molecule has 0 aliphatic rings. The van der Waals surface area contributed by atoms with Gasteiger partial charge in [-0.25, -0.2) is 13.6 Å². The van der Waals surface area contributed by atoms with Crippen LogP contribution in [0.5, 0.6) is 5.75 Å². The van der Waals surface area contributed by atoms with Crippen LogP contribution in [0.25, 0.3) is 0 Å². The van der Waals surface area contributed by atoms with Crippen LogP contribution in [-0.4, -0.2) is 43.0 Å². The minimum Gasteiger partial charge on any atom is -0.491 e. The number of ether oxygens (including phenoxy) is 1. The molecule has 0 aromatic heterocycles. The van der Waals surface area contributed by atoms with Crippen molar-refractivity contribution in [3.63, 3.8) is 0 Å². The number of nitrogens with zero attached hydrogens (tertiary/aromatic N) is 1. The van der Waals surface area contributed by atoms with Gasteiger partial charge in [-0.05, 0) is 6.07 Å². The highest BCUT2D eigenvalue weighted by Gasteiger charge is 2.28. The SMILES string of the molecule is COc1c(F)c(F)cc(C(=O)C(=CN(C)C)C(=O)O)c1F. The Morgan fingerprint density at radius 3 is 2.24 bits per heavy atom. The van der Waals surface area contributed by atoms with Gasteiger partial charge >= 0.3 is 5.97 Å². The Hall–Kier alpha value is -2.51. The molecular weight excluding hydrogens is 291 g/mol. The highest BCUT2D eigenvalue weighted by molar-refractivity contribution is 6.23. The van der Waals surface area contributed by atoms with E-state index in [4.69, 9.17) is 5.11 Å². The summed E-state index contributed by atoms with van der Waals surface area (Å²) in [5.41, 5.74) is -1.73. The van der Waals surface area contributed by atoms with Crippen LogP contribution in [0.3, 0.4) is 0 Å². The van der Waals surface area contributed by atoms with Gasteiger partial charge < -0.3 is 14.7 Å². The Morgan fingerprint density at radius 1 is 1.24 bits per heavy atom. The molecule has 0 unspecified atom stereocenters. The first-order valence-corrected chi connectivity index (χ1v) is 5.58. The molecule has 1 rings (SSSR count). The molecule has 0 atom stereocenters. The lowest BCUT2D eigenvalue weighted by atomic mass is 10.0. The maximum Gasteiger partial charge on any atom is 0.341 e. The molecule has 0 spiro atoms. The van der Waals surface area contributed by atoms with Crippen molar-refractivity contribution in [2.24, 2.45) is 0 Å². The normalized spacial score (nSPS) is 11.2. The van der Waals surface area contributed by atoms with Gasteiger partial charge in [0.05, 0.1) is 12.7 Å². The average molecular weight is 303 g/mol. The van der Waals surface area contributed by atoms with Gasteiger partial charge in [-0.2, -0.15) is 4.39 Å². The Labute approximate surface area is 118 Å². The second-order valence-electron chi connectivity index (χ2n) is 4.21. The van der Waals surface area contributed by atoms with Gasteiger partial charge in [-0.15, -0.1) is 0 Å². The molecule has 0 heterocycles. The Bertz CT molecular complexity index is 626. The fourth-order valence-electron chi connectivity index (χ4n) is 1.54. The van der Waals surface area contributed by atoms with Crippen molar-refractivity contribution >= 4 is 11.8 Å². The lowest BCUT2D eigenvalue weighted by molar-refractivity contribution is -0.132. The zero-order valence-electron chi connectivity index (χ0n) is 11.4. The standard InChI is InChI=1S/C13H12F3NO4/c1-17(2)5-7(13(19)20)11(18)6-4-8(14)10(16)12(21-3)9(6)15/h4-5H,1-3H3,(H,19,20). The first-order valence-electron chi connectivity index (χ1n) is 5.58. The summed E-state index contributed by atoms with van der Waals surface area (Å²) in [5.74, 6) is -8.60. The Kier molecular flexibility index (Phi) is 4.96. The van der Waals surface area contributed by atoms with Crippen LogP contribution in [0.1, 0.15) is 10.4 Å². The van der Waals surface area contributed by atoms with Crippen LogP contribution in [-0.2, 0) is 4.79 Å². The molecule has 0 bridgehead atoms. The van der Waals surface area contributed by atoms with Crippen molar-refractivity contribution in [2.45, 2.75) is 0 Å². The number of carbonyl (C=O) groups is 2. The highest BCUT2D eigenvalue weighted by Crippen LogP contribution is 2.28. The van der Waals surface area contributed by atoms with E-state index in [1.165, 1.54) is 19.0 Å². The maximum atomic E-state index is 13.9. The van der Waals surface area contributed by atoms with E-state index < -0.39 is 46.1 Å². The van der Waals surface area contributed by atoms with E-state index in [2.05, 4.69) is 4.74 Å². The number of halogens is 3. The summed E-state index contributed by atoms with van der Waals surface area (Å²) in [6.45, 7) is 0. The number of Topliss-reactive ketones (excluding diaryl/α,β-unsaturated/α-hetero) is 1. The van der Waals surface area contributed by atoms with Gasteiger partial charge in [0.15, 0.2) is 17.4 Å². The van der Waals surface area contributed by atoms with Gasteiger partial charge in [0, 0.05) is 20.3 Å². The molecule has 0 saturated heterocycles. The van der Waals surface area contributed by atoms with Crippen LogP contribution < -0.4 is 4.74 Å². The molecule has 0 fully saturated rings. The molecule has 8 heteroatoms. The fraction of sp³-hybridized carbons (Fsp3) is 0.231. The molecule has 21 heavy (non-hydrogen) atoms. The molecule has 114 valence electrons. The lowest BCUT2D eigenvalue weighted by Gasteiger charge is -2.11. The number of hydrogen-bond donors (Lipinski definition) is 1. The number of benzene rings is 1. The Balaban J connectivity index is 3.50. The number of rotatable bonds is 5.